The first-order valence-electron chi connectivity index (χ1n) is 12.3. The maximum Gasteiger partial charge on any atom is 0.354 e. The Labute approximate surface area is 225 Å². The minimum absolute atomic E-state index is 0.0226. The molecule has 2 heterocycles. The van der Waals surface area contributed by atoms with Gasteiger partial charge < -0.3 is 19.5 Å². The second-order valence-corrected chi connectivity index (χ2v) is 11.0. The van der Waals surface area contributed by atoms with E-state index in [4.69, 9.17) is 25.8 Å². The molecule has 0 unspecified atom stereocenters. The van der Waals surface area contributed by atoms with E-state index >= 15 is 0 Å². The highest BCUT2D eigenvalue weighted by Gasteiger charge is 2.38. The highest BCUT2D eigenvalue weighted by atomic mass is 35.5. The van der Waals surface area contributed by atoms with Crippen LogP contribution in [0.2, 0.25) is 5.02 Å². The third-order valence-corrected chi connectivity index (χ3v) is 6.28. The maximum absolute atomic E-state index is 14.6. The molecule has 0 aliphatic carbocycles. The molecule has 1 N–H and O–H groups in total. The standard InChI is InChI=1S/C27H32ClFN4O5/c1-17(2)38-22-11-10-20(12-21(22)29)30-23-31-24(34)33(14-27(5)15-36-26(3,4)37-16-27)25(35)32(23)13-18-6-8-19(28)9-7-18/h6-12,17H,13-16H2,1-5H3,(H,30,31,34). The van der Waals surface area contributed by atoms with Crippen molar-refractivity contribution in [3.63, 3.8) is 0 Å². The lowest BCUT2D eigenvalue weighted by Gasteiger charge is -2.41. The Morgan fingerprint density at radius 3 is 2.34 bits per heavy atom. The fraction of sp³-hybridized carbons (Fsp3) is 0.444. The Morgan fingerprint density at radius 1 is 1.08 bits per heavy atom. The fourth-order valence-electron chi connectivity index (χ4n) is 3.98. The van der Waals surface area contributed by atoms with Crippen molar-refractivity contribution in [3.05, 3.63) is 79.8 Å². The largest absolute Gasteiger partial charge is 0.488 e. The molecule has 1 aromatic heterocycles. The van der Waals surface area contributed by atoms with Crippen LogP contribution in [0.25, 0.3) is 0 Å². The van der Waals surface area contributed by atoms with E-state index in [1.165, 1.54) is 16.7 Å². The molecule has 1 fully saturated rings. The molecule has 204 valence electrons. The second kappa shape index (κ2) is 10.9. The molecule has 0 saturated carbocycles. The number of benzene rings is 2. The van der Waals surface area contributed by atoms with Crippen molar-refractivity contribution in [1.29, 1.82) is 0 Å². The topological polar surface area (TPSA) is 96.6 Å². The quantitative estimate of drug-likeness (QED) is 0.442. The number of aromatic nitrogens is 3. The summed E-state index contributed by atoms with van der Waals surface area (Å²) in [5.41, 5.74) is -0.876. The van der Waals surface area contributed by atoms with Crippen molar-refractivity contribution in [2.24, 2.45) is 5.41 Å². The number of nitrogens with zero attached hydrogens (tertiary/aromatic N) is 3. The zero-order chi connectivity index (χ0) is 27.7. The second-order valence-electron chi connectivity index (χ2n) is 10.5. The van der Waals surface area contributed by atoms with Crippen LogP contribution in [0.4, 0.5) is 16.0 Å². The van der Waals surface area contributed by atoms with Gasteiger partial charge in [-0.05, 0) is 57.5 Å². The smallest absolute Gasteiger partial charge is 0.354 e. The van der Waals surface area contributed by atoms with Crippen LogP contribution in [0.5, 0.6) is 5.75 Å². The van der Waals surface area contributed by atoms with Gasteiger partial charge in [0.2, 0.25) is 5.95 Å². The Hall–Kier alpha value is -3.21. The average molecular weight is 547 g/mol. The van der Waals surface area contributed by atoms with Crippen LogP contribution in [0.3, 0.4) is 0 Å². The van der Waals surface area contributed by atoms with Gasteiger partial charge in [-0.2, -0.15) is 4.98 Å². The summed E-state index contributed by atoms with van der Waals surface area (Å²) < 4.78 is 34.0. The van der Waals surface area contributed by atoms with E-state index in [1.807, 2.05) is 20.8 Å². The minimum Gasteiger partial charge on any atom is -0.488 e. The number of hydrogen-bond acceptors (Lipinski definition) is 7. The molecule has 1 aliphatic heterocycles. The van der Waals surface area contributed by atoms with E-state index in [1.54, 1.807) is 44.2 Å². The number of anilines is 2. The zero-order valence-electron chi connectivity index (χ0n) is 22.1. The van der Waals surface area contributed by atoms with Gasteiger partial charge in [-0.25, -0.2) is 18.5 Å². The van der Waals surface area contributed by atoms with Gasteiger partial charge in [0.25, 0.3) is 0 Å². The molecular formula is C27H32ClFN4O5. The van der Waals surface area contributed by atoms with Crippen LogP contribution < -0.4 is 21.4 Å². The van der Waals surface area contributed by atoms with Crippen LogP contribution in [-0.2, 0) is 22.6 Å². The van der Waals surface area contributed by atoms with E-state index in [0.29, 0.717) is 23.9 Å². The van der Waals surface area contributed by atoms with Gasteiger partial charge >= 0.3 is 11.4 Å². The van der Waals surface area contributed by atoms with E-state index in [2.05, 4.69) is 10.3 Å². The summed E-state index contributed by atoms with van der Waals surface area (Å²) in [5.74, 6) is -1.25. The summed E-state index contributed by atoms with van der Waals surface area (Å²) in [4.78, 5) is 31.0. The van der Waals surface area contributed by atoms with Crippen molar-refractivity contribution in [3.8, 4) is 5.75 Å². The lowest BCUT2D eigenvalue weighted by atomic mass is 9.91. The highest BCUT2D eigenvalue weighted by molar-refractivity contribution is 6.30. The Bertz CT molecular complexity index is 1410. The molecule has 11 heteroatoms. The Kier molecular flexibility index (Phi) is 7.96. The monoisotopic (exact) mass is 546 g/mol. The summed E-state index contributed by atoms with van der Waals surface area (Å²) in [6, 6.07) is 11.3. The van der Waals surface area contributed by atoms with E-state index in [9.17, 15) is 14.0 Å². The Morgan fingerprint density at radius 2 is 1.74 bits per heavy atom. The predicted molar refractivity (Wildman–Crippen MR) is 143 cm³/mol. The minimum atomic E-state index is -0.740. The van der Waals surface area contributed by atoms with Gasteiger partial charge in [0.05, 0.1) is 25.9 Å². The first-order chi connectivity index (χ1) is 17.8. The van der Waals surface area contributed by atoms with Crippen LogP contribution in [0, 0.1) is 11.2 Å². The predicted octanol–water partition coefficient (Wildman–Crippen LogP) is 4.57. The van der Waals surface area contributed by atoms with Crippen LogP contribution in [0.1, 0.15) is 40.2 Å². The fourth-order valence-corrected chi connectivity index (χ4v) is 4.11. The first kappa shape index (κ1) is 27.8. The summed E-state index contributed by atoms with van der Waals surface area (Å²) >= 11 is 6.03. The normalized spacial score (nSPS) is 16.4. The molecule has 1 aliphatic rings. The van der Waals surface area contributed by atoms with Gasteiger partial charge in [0.15, 0.2) is 17.4 Å². The third-order valence-electron chi connectivity index (χ3n) is 6.03. The van der Waals surface area contributed by atoms with Crippen molar-refractivity contribution in [1.82, 2.24) is 14.1 Å². The van der Waals surface area contributed by atoms with Crippen LogP contribution in [-0.4, -0.2) is 39.2 Å². The van der Waals surface area contributed by atoms with Crippen LogP contribution >= 0.6 is 11.6 Å². The van der Waals surface area contributed by atoms with E-state index in [0.717, 1.165) is 10.1 Å². The maximum atomic E-state index is 14.6. The van der Waals surface area contributed by atoms with Crippen LogP contribution in [0.15, 0.2) is 52.1 Å². The number of halogens is 2. The molecule has 0 bridgehead atoms. The van der Waals surface area contributed by atoms with Crippen molar-refractivity contribution < 1.29 is 18.6 Å². The molecule has 1 saturated heterocycles. The lowest BCUT2D eigenvalue weighted by Crippen LogP contribution is -2.51. The molecule has 38 heavy (non-hydrogen) atoms. The van der Waals surface area contributed by atoms with Crippen molar-refractivity contribution in [2.75, 3.05) is 18.5 Å². The zero-order valence-corrected chi connectivity index (χ0v) is 22.8. The molecule has 0 atom stereocenters. The molecule has 0 spiro atoms. The van der Waals surface area contributed by atoms with E-state index < -0.39 is 28.4 Å². The molecule has 0 amide bonds. The van der Waals surface area contributed by atoms with Gasteiger partial charge in [0.1, 0.15) is 0 Å². The SMILES string of the molecule is CC(C)Oc1ccc(Nc2nc(=O)n(CC3(C)COC(C)(C)OC3)c(=O)n2Cc2ccc(Cl)cc2)cc1F. The summed E-state index contributed by atoms with van der Waals surface area (Å²) in [6.45, 7) is 9.84. The van der Waals surface area contributed by atoms with Crippen molar-refractivity contribution in [2.45, 2.75) is 59.6 Å². The molecule has 4 rings (SSSR count). The Balaban J connectivity index is 1.72. The highest BCUT2D eigenvalue weighted by Crippen LogP contribution is 2.30. The lowest BCUT2D eigenvalue weighted by molar-refractivity contribution is -0.284. The van der Waals surface area contributed by atoms with Crippen molar-refractivity contribution >= 4 is 23.2 Å². The molecular weight excluding hydrogens is 515 g/mol. The van der Waals surface area contributed by atoms with E-state index in [-0.39, 0.29) is 30.9 Å². The summed E-state index contributed by atoms with van der Waals surface area (Å²) in [6.07, 6.45) is -0.199. The summed E-state index contributed by atoms with van der Waals surface area (Å²) in [7, 11) is 0. The first-order valence-corrected chi connectivity index (χ1v) is 12.7. The molecule has 0 radical (unpaired) electrons. The molecule has 9 nitrogen and oxygen atoms in total. The number of rotatable bonds is 8. The van der Waals surface area contributed by atoms with Gasteiger partial charge in [-0.3, -0.25) is 4.57 Å². The number of ether oxygens (including phenoxy) is 3. The van der Waals surface area contributed by atoms with Gasteiger partial charge in [-0.15, -0.1) is 0 Å². The van der Waals surface area contributed by atoms with Gasteiger partial charge in [0, 0.05) is 28.7 Å². The summed E-state index contributed by atoms with van der Waals surface area (Å²) in [5, 5.41) is 3.48. The number of nitrogens with one attached hydrogen (secondary N) is 1. The molecule has 3 aromatic rings. The average Bonchev–Trinajstić information content (AvgIpc) is 2.84. The third kappa shape index (κ3) is 6.61. The van der Waals surface area contributed by atoms with Gasteiger partial charge in [-0.1, -0.05) is 30.7 Å². The molecule has 2 aromatic carbocycles. The number of hydrogen-bond donors (Lipinski definition) is 1.